The van der Waals surface area contributed by atoms with Crippen molar-refractivity contribution >= 4 is 6.03 Å². The lowest BCUT2D eigenvalue weighted by atomic mass is 10.0. The summed E-state index contributed by atoms with van der Waals surface area (Å²) >= 11 is 0. The van der Waals surface area contributed by atoms with E-state index in [-0.39, 0.29) is 12.1 Å². The molecular weight excluding hydrogens is 278 g/mol. The molecule has 1 aromatic heterocycles. The molecule has 1 aromatic carbocycles. The van der Waals surface area contributed by atoms with Crippen LogP contribution < -0.4 is 5.32 Å². The van der Waals surface area contributed by atoms with Crippen LogP contribution in [0.2, 0.25) is 0 Å². The predicted molar refractivity (Wildman–Crippen MR) is 83.7 cm³/mol. The van der Waals surface area contributed by atoms with Crippen molar-refractivity contribution in [2.75, 3.05) is 13.1 Å². The van der Waals surface area contributed by atoms with Crippen molar-refractivity contribution in [1.29, 1.82) is 0 Å². The van der Waals surface area contributed by atoms with Gasteiger partial charge in [-0.2, -0.15) is 0 Å². The molecule has 2 amide bonds. The second kappa shape index (κ2) is 6.60. The number of carbonyl (C=O) groups excluding carboxylic acids is 1. The Labute approximate surface area is 130 Å². The summed E-state index contributed by atoms with van der Waals surface area (Å²) in [4.78, 5) is 14.2. The Kier molecular flexibility index (Phi) is 4.37. The summed E-state index contributed by atoms with van der Waals surface area (Å²) < 4.78 is 1.97. The Hall–Kier alpha value is -2.37. The van der Waals surface area contributed by atoms with E-state index in [4.69, 9.17) is 0 Å². The molecule has 1 aliphatic rings. The second-order valence-corrected chi connectivity index (χ2v) is 5.44. The summed E-state index contributed by atoms with van der Waals surface area (Å²) in [5, 5.41) is 11.3. The molecular formula is C16H21N5O. The molecule has 1 aliphatic heterocycles. The summed E-state index contributed by atoms with van der Waals surface area (Å²) in [6.07, 6.45) is 4.77. The minimum absolute atomic E-state index is 0.0187. The predicted octanol–water partition coefficient (Wildman–Crippen LogP) is 2.52. The summed E-state index contributed by atoms with van der Waals surface area (Å²) in [7, 11) is 0. The third kappa shape index (κ3) is 2.81. The average molecular weight is 299 g/mol. The lowest BCUT2D eigenvalue weighted by molar-refractivity contribution is 0.147. The number of carbonyl (C=O) groups is 1. The van der Waals surface area contributed by atoms with Gasteiger partial charge in [0.15, 0.2) is 5.82 Å². The zero-order valence-electron chi connectivity index (χ0n) is 12.8. The first-order valence-electron chi connectivity index (χ1n) is 7.81. The molecule has 22 heavy (non-hydrogen) atoms. The van der Waals surface area contributed by atoms with Crippen molar-refractivity contribution in [3.8, 4) is 5.69 Å². The van der Waals surface area contributed by atoms with E-state index in [0.717, 1.165) is 37.3 Å². The Morgan fingerprint density at radius 1 is 1.32 bits per heavy atom. The molecule has 6 heteroatoms. The number of aromatic nitrogens is 3. The van der Waals surface area contributed by atoms with Gasteiger partial charge in [-0.15, -0.1) is 10.2 Å². The fraction of sp³-hybridized carbons (Fsp3) is 0.438. The third-order valence-corrected chi connectivity index (χ3v) is 4.00. The molecule has 116 valence electrons. The van der Waals surface area contributed by atoms with Gasteiger partial charge in [0, 0.05) is 18.8 Å². The summed E-state index contributed by atoms with van der Waals surface area (Å²) in [5.74, 6) is 0.831. The first-order valence-corrected chi connectivity index (χ1v) is 7.81. The number of urea groups is 1. The Morgan fingerprint density at radius 2 is 2.14 bits per heavy atom. The van der Waals surface area contributed by atoms with Crippen LogP contribution in [0.3, 0.4) is 0 Å². The number of likely N-dealkylation sites (tertiary alicyclic amines) is 1. The van der Waals surface area contributed by atoms with E-state index in [1.54, 1.807) is 6.33 Å². The zero-order chi connectivity index (χ0) is 15.4. The highest BCUT2D eigenvalue weighted by Gasteiger charge is 2.31. The van der Waals surface area contributed by atoms with Gasteiger partial charge in [0.05, 0.1) is 6.04 Å². The van der Waals surface area contributed by atoms with Crippen LogP contribution in [0.4, 0.5) is 4.79 Å². The summed E-state index contributed by atoms with van der Waals surface area (Å²) in [6.45, 7) is 3.33. The molecule has 0 aliphatic carbocycles. The number of nitrogens with one attached hydrogen (secondary N) is 1. The smallest absolute Gasteiger partial charge is 0.318 e. The molecule has 0 bridgehead atoms. The van der Waals surface area contributed by atoms with E-state index in [0.29, 0.717) is 6.54 Å². The van der Waals surface area contributed by atoms with Gasteiger partial charge in [0.25, 0.3) is 0 Å². The summed E-state index contributed by atoms with van der Waals surface area (Å²) in [6, 6.07) is 9.95. The molecule has 2 aromatic rings. The van der Waals surface area contributed by atoms with E-state index < -0.39 is 0 Å². The van der Waals surface area contributed by atoms with Crippen LogP contribution in [0.15, 0.2) is 36.7 Å². The number of para-hydroxylation sites is 1. The molecule has 0 spiro atoms. The van der Waals surface area contributed by atoms with Gasteiger partial charge in [0.1, 0.15) is 6.33 Å². The van der Waals surface area contributed by atoms with Crippen molar-refractivity contribution < 1.29 is 4.79 Å². The van der Waals surface area contributed by atoms with Crippen LogP contribution in [0.5, 0.6) is 0 Å². The Morgan fingerprint density at radius 3 is 2.91 bits per heavy atom. The number of amides is 2. The monoisotopic (exact) mass is 299 g/mol. The fourth-order valence-electron chi connectivity index (χ4n) is 2.95. The molecule has 1 unspecified atom stereocenters. The van der Waals surface area contributed by atoms with Crippen LogP contribution in [-0.2, 0) is 0 Å². The van der Waals surface area contributed by atoms with E-state index in [1.807, 2.05) is 46.7 Å². The van der Waals surface area contributed by atoms with Crippen LogP contribution in [0, 0.1) is 0 Å². The van der Waals surface area contributed by atoms with Gasteiger partial charge in [-0.1, -0.05) is 18.2 Å². The molecule has 1 fully saturated rings. The number of piperidine rings is 1. The fourth-order valence-corrected chi connectivity index (χ4v) is 2.95. The van der Waals surface area contributed by atoms with Crippen LogP contribution >= 0.6 is 0 Å². The van der Waals surface area contributed by atoms with Gasteiger partial charge in [0.2, 0.25) is 0 Å². The van der Waals surface area contributed by atoms with Gasteiger partial charge < -0.3 is 10.2 Å². The van der Waals surface area contributed by atoms with E-state index >= 15 is 0 Å². The standard InChI is InChI=1S/C16H21N5O/c1-2-17-16(22)20-11-7-6-10-14(20)15-19-18-12-21(15)13-8-4-3-5-9-13/h3-5,8-9,12,14H,2,6-7,10-11H2,1H3,(H,17,22). The highest BCUT2D eigenvalue weighted by Crippen LogP contribution is 2.30. The van der Waals surface area contributed by atoms with Crippen LogP contribution in [0.25, 0.3) is 5.69 Å². The second-order valence-electron chi connectivity index (χ2n) is 5.44. The quantitative estimate of drug-likeness (QED) is 0.947. The van der Waals surface area contributed by atoms with E-state index in [1.165, 1.54) is 0 Å². The number of benzene rings is 1. The molecule has 1 saturated heterocycles. The molecule has 1 atom stereocenters. The zero-order valence-corrected chi connectivity index (χ0v) is 12.8. The number of hydrogen-bond donors (Lipinski definition) is 1. The SMILES string of the molecule is CCNC(=O)N1CCCCC1c1nncn1-c1ccccc1. The minimum Gasteiger partial charge on any atom is -0.338 e. The van der Waals surface area contributed by atoms with Crippen molar-refractivity contribution in [3.05, 3.63) is 42.5 Å². The Bertz CT molecular complexity index is 624. The molecule has 6 nitrogen and oxygen atoms in total. The van der Waals surface area contributed by atoms with Gasteiger partial charge in [-0.3, -0.25) is 4.57 Å². The van der Waals surface area contributed by atoms with Crippen molar-refractivity contribution in [2.24, 2.45) is 0 Å². The van der Waals surface area contributed by atoms with Crippen molar-refractivity contribution in [1.82, 2.24) is 25.0 Å². The number of nitrogens with zero attached hydrogens (tertiary/aromatic N) is 4. The molecule has 0 radical (unpaired) electrons. The van der Waals surface area contributed by atoms with Crippen molar-refractivity contribution in [2.45, 2.75) is 32.2 Å². The maximum Gasteiger partial charge on any atom is 0.318 e. The minimum atomic E-state index is -0.0250. The van der Waals surface area contributed by atoms with Crippen LogP contribution in [0.1, 0.15) is 38.1 Å². The van der Waals surface area contributed by atoms with E-state index in [2.05, 4.69) is 15.5 Å². The molecule has 1 N–H and O–H groups in total. The van der Waals surface area contributed by atoms with Crippen molar-refractivity contribution in [3.63, 3.8) is 0 Å². The highest BCUT2D eigenvalue weighted by molar-refractivity contribution is 5.74. The van der Waals surface area contributed by atoms with Gasteiger partial charge in [-0.05, 0) is 38.3 Å². The lowest BCUT2D eigenvalue weighted by Crippen LogP contribution is -2.45. The molecule has 2 heterocycles. The lowest BCUT2D eigenvalue weighted by Gasteiger charge is -2.35. The number of hydrogen-bond acceptors (Lipinski definition) is 3. The largest absolute Gasteiger partial charge is 0.338 e. The highest BCUT2D eigenvalue weighted by atomic mass is 16.2. The van der Waals surface area contributed by atoms with Gasteiger partial charge in [-0.25, -0.2) is 4.79 Å². The average Bonchev–Trinajstić information content (AvgIpc) is 3.05. The molecule has 3 rings (SSSR count). The van der Waals surface area contributed by atoms with Crippen LogP contribution in [-0.4, -0.2) is 38.8 Å². The van der Waals surface area contributed by atoms with E-state index in [9.17, 15) is 4.79 Å². The topological polar surface area (TPSA) is 63.1 Å². The first kappa shape index (κ1) is 14.6. The van der Waals surface area contributed by atoms with Gasteiger partial charge >= 0.3 is 6.03 Å². The maximum absolute atomic E-state index is 12.3. The summed E-state index contributed by atoms with van der Waals surface area (Å²) in [5.41, 5.74) is 1.02. The third-order valence-electron chi connectivity index (χ3n) is 4.00. The Balaban J connectivity index is 1.92. The molecule has 0 saturated carbocycles. The first-order chi connectivity index (χ1) is 10.8. The maximum atomic E-state index is 12.3. The number of rotatable bonds is 3. The normalized spacial score (nSPS) is 18.2.